The Labute approximate surface area is 66.6 Å². The summed E-state index contributed by atoms with van der Waals surface area (Å²) in [6.45, 7) is 0. The van der Waals surface area contributed by atoms with Crippen LogP contribution in [0.15, 0.2) is 15.9 Å². The number of thiazole rings is 1. The van der Waals surface area contributed by atoms with Gasteiger partial charge in [0.15, 0.2) is 0 Å². The minimum Gasteiger partial charge on any atom is -0.369 e. The smallest absolute Gasteiger partial charge is 0.227 e. The van der Waals surface area contributed by atoms with E-state index in [4.69, 9.17) is 5.73 Å². The molecular formula is C5H6N2OS2. The summed E-state index contributed by atoms with van der Waals surface area (Å²) in [4.78, 5) is 14.2. The summed E-state index contributed by atoms with van der Waals surface area (Å²) in [6, 6.07) is 0. The van der Waals surface area contributed by atoms with E-state index in [0.29, 0.717) is 5.75 Å². The Balaban J connectivity index is 2.35. The van der Waals surface area contributed by atoms with E-state index in [1.54, 1.807) is 6.20 Å². The van der Waals surface area contributed by atoms with E-state index in [0.717, 1.165) is 4.34 Å². The molecule has 0 unspecified atom stereocenters. The van der Waals surface area contributed by atoms with Gasteiger partial charge in [0.25, 0.3) is 0 Å². The molecule has 1 aromatic rings. The first-order chi connectivity index (χ1) is 4.79. The summed E-state index contributed by atoms with van der Waals surface area (Å²) in [7, 11) is 0. The Morgan fingerprint density at radius 1 is 1.90 bits per heavy atom. The van der Waals surface area contributed by atoms with E-state index in [9.17, 15) is 4.79 Å². The molecule has 0 aliphatic rings. The van der Waals surface area contributed by atoms with E-state index >= 15 is 0 Å². The zero-order valence-corrected chi connectivity index (χ0v) is 6.74. The normalized spacial score (nSPS) is 9.60. The zero-order chi connectivity index (χ0) is 7.40. The van der Waals surface area contributed by atoms with Crippen LogP contribution >= 0.6 is 23.1 Å². The van der Waals surface area contributed by atoms with E-state index < -0.39 is 0 Å². The molecule has 2 N–H and O–H groups in total. The van der Waals surface area contributed by atoms with Crippen molar-refractivity contribution in [2.45, 2.75) is 4.34 Å². The van der Waals surface area contributed by atoms with Crippen LogP contribution in [-0.4, -0.2) is 16.6 Å². The summed E-state index contributed by atoms with van der Waals surface area (Å²) >= 11 is 2.88. The van der Waals surface area contributed by atoms with Crippen LogP contribution in [0.4, 0.5) is 0 Å². The zero-order valence-electron chi connectivity index (χ0n) is 5.11. The summed E-state index contributed by atoms with van der Waals surface area (Å²) in [6.07, 6.45) is 1.70. The fourth-order valence-electron chi connectivity index (χ4n) is 0.415. The number of rotatable bonds is 3. The standard InChI is InChI=1S/C5H6N2OS2/c6-4(8)3-10-5-7-1-2-9-5/h1-2H,3H2,(H2,6,8). The number of primary amides is 1. The van der Waals surface area contributed by atoms with Crippen LogP contribution in [0, 0.1) is 0 Å². The van der Waals surface area contributed by atoms with Gasteiger partial charge in [0.05, 0.1) is 5.75 Å². The summed E-state index contributed by atoms with van der Waals surface area (Å²) in [5.41, 5.74) is 4.93. The Morgan fingerprint density at radius 3 is 3.20 bits per heavy atom. The van der Waals surface area contributed by atoms with Crippen LogP contribution in [0.3, 0.4) is 0 Å². The molecule has 0 aliphatic heterocycles. The molecule has 1 amide bonds. The molecule has 0 aliphatic carbocycles. The van der Waals surface area contributed by atoms with Gasteiger partial charge in [0, 0.05) is 11.6 Å². The summed E-state index contributed by atoms with van der Waals surface area (Å²) in [5, 5.41) is 1.86. The lowest BCUT2D eigenvalue weighted by Gasteiger charge is -1.89. The summed E-state index contributed by atoms with van der Waals surface area (Å²) in [5.74, 6) is 0.00764. The molecule has 0 fully saturated rings. The number of amides is 1. The van der Waals surface area contributed by atoms with Gasteiger partial charge in [0.2, 0.25) is 5.91 Å². The first-order valence-electron chi connectivity index (χ1n) is 2.59. The van der Waals surface area contributed by atoms with E-state index in [2.05, 4.69) is 4.98 Å². The van der Waals surface area contributed by atoms with Crippen LogP contribution < -0.4 is 5.73 Å². The minimum absolute atomic E-state index is 0.305. The Kier molecular flexibility index (Phi) is 2.70. The van der Waals surface area contributed by atoms with Crippen LogP contribution in [0.5, 0.6) is 0 Å². The van der Waals surface area contributed by atoms with Crippen molar-refractivity contribution in [3.8, 4) is 0 Å². The monoisotopic (exact) mass is 174 g/mol. The van der Waals surface area contributed by atoms with Gasteiger partial charge in [-0.05, 0) is 0 Å². The lowest BCUT2D eigenvalue weighted by molar-refractivity contribution is -0.115. The van der Waals surface area contributed by atoms with Gasteiger partial charge in [-0.3, -0.25) is 4.79 Å². The van der Waals surface area contributed by atoms with Gasteiger partial charge < -0.3 is 5.73 Å². The van der Waals surface area contributed by atoms with E-state index in [1.807, 2.05) is 5.38 Å². The average molecular weight is 174 g/mol. The fraction of sp³-hybridized carbons (Fsp3) is 0.200. The second-order valence-electron chi connectivity index (χ2n) is 1.55. The van der Waals surface area contributed by atoms with E-state index in [-0.39, 0.29) is 5.91 Å². The maximum Gasteiger partial charge on any atom is 0.227 e. The number of hydrogen-bond donors (Lipinski definition) is 1. The highest BCUT2D eigenvalue weighted by atomic mass is 32.2. The molecule has 5 heteroatoms. The highest BCUT2D eigenvalue weighted by molar-refractivity contribution is 8.01. The predicted molar refractivity (Wildman–Crippen MR) is 42.0 cm³/mol. The molecule has 1 rings (SSSR count). The number of carbonyl (C=O) groups excluding carboxylic acids is 1. The fourth-order valence-corrected chi connectivity index (χ4v) is 1.79. The molecule has 0 atom stereocenters. The second kappa shape index (κ2) is 3.58. The SMILES string of the molecule is NC(=O)CSc1nccs1. The van der Waals surface area contributed by atoms with Crippen LogP contribution in [0.1, 0.15) is 0 Å². The van der Waals surface area contributed by atoms with Crippen molar-refractivity contribution in [1.29, 1.82) is 0 Å². The minimum atomic E-state index is -0.305. The van der Waals surface area contributed by atoms with Gasteiger partial charge in [-0.25, -0.2) is 4.98 Å². The molecule has 1 aromatic heterocycles. The summed E-state index contributed by atoms with van der Waals surface area (Å²) < 4.78 is 0.888. The number of aromatic nitrogens is 1. The molecule has 10 heavy (non-hydrogen) atoms. The lowest BCUT2D eigenvalue weighted by atomic mass is 10.8. The van der Waals surface area contributed by atoms with Crippen molar-refractivity contribution in [2.24, 2.45) is 5.73 Å². The lowest BCUT2D eigenvalue weighted by Crippen LogP contribution is -2.12. The number of nitrogens with two attached hydrogens (primary N) is 1. The molecule has 0 saturated heterocycles. The number of thioether (sulfide) groups is 1. The molecule has 3 nitrogen and oxygen atoms in total. The van der Waals surface area contributed by atoms with Crippen LogP contribution in [-0.2, 0) is 4.79 Å². The molecule has 0 aromatic carbocycles. The van der Waals surface area contributed by atoms with Crippen molar-refractivity contribution in [3.63, 3.8) is 0 Å². The third-order valence-corrected chi connectivity index (χ3v) is 2.74. The Morgan fingerprint density at radius 2 is 2.70 bits per heavy atom. The number of hydrogen-bond acceptors (Lipinski definition) is 4. The maximum absolute atomic E-state index is 10.3. The van der Waals surface area contributed by atoms with Gasteiger partial charge in [-0.2, -0.15) is 0 Å². The van der Waals surface area contributed by atoms with Gasteiger partial charge in [-0.15, -0.1) is 11.3 Å². The average Bonchev–Trinajstić information content (AvgIpc) is 2.34. The third-order valence-electron chi connectivity index (χ3n) is 0.748. The highest BCUT2D eigenvalue weighted by Gasteiger charge is 1.98. The van der Waals surface area contributed by atoms with Crippen LogP contribution in [0.25, 0.3) is 0 Å². The van der Waals surface area contributed by atoms with Crippen molar-refractivity contribution in [3.05, 3.63) is 11.6 Å². The highest BCUT2D eigenvalue weighted by Crippen LogP contribution is 2.18. The number of carbonyl (C=O) groups is 1. The van der Waals surface area contributed by atoms with Crippen molar-refractivity contribution >= 4 is 29.0 Å². The number of nitrogens with zero attached hydrogens (tertiary/aromatic N) is 1. The largest absolute Gasteiger partial charge is 0.369 e. The molecule has 0 bridgehead atoms. The molecular weight excluding hydrogens is 168 g/mol. The van der Waals surface area contributed by atoms with Gasteiger partial charge in [0.1, 0.15) is 4.34 Å². The Bertz CT molecular complexity index is 209. The quantitative estimate of drug-likeness (QED) is 0.687. The first kappa shape index (κ1) is 7.56. The second-order valence-corrected chi connectivity index (χ2v) is 3.67. The van der Waals surface area contributed by atoms with Crippen molar-refractivity contribution in [1.82, 2.24) is 4.98 Å². The van der Waals surface area contributed by atoms with E-state index in [1.165, 1.54) is 23.1 Å². The van der Waals surface area contributed by atoms with Gasteiger partial charge in [-0.1, -0.05) is 11.8 Å². The topological polar surface area (TPSA) is 56.0 Å². The van der Waals surface area contributed by atoms with Crippen molar-refractivity contribution in [2.75, 3.05) is 5.75 Å². The molecule has 0 radical (unpaired) electrons. The maximum atomic E-state index is 10.3. The van der Waals surface area contributed by atoms with Crippen LogP contribution in [0.2, 0.25) is 0 Å². The predicted octanol–water partition coefficient (Wildman–Crippen LogP) is 0.721. The molecule has 0 spiro atoms. The third kappa shape index (κ3) is 2.36. The van der Waals surface area contributed by atoms with Crippen molar-refractivity contribution < 1.29 is 4.79 Å². The Hall–Kier alpha value is -0.550. The molecule has 0 saturated carbocycles. The molecule has 54 valence electrons. The van der Waals surface area contributed by atoms with Gasteiger partial charge >= 0.3 is 0 Å². The first-order valence-corrected chi connectivity index (χ1v) is 4.46. The molecule has 1 heterocycles.